The van der Waals surface area contributed by atoms with Crippen LogP contribution in [0.4, 0.5) is 4.79 Å². The van der Waals surface area contributed by atoms with Crippen LogP contribution in [-0.2, 0) is 9.47 Å². The van der Waals surface area contributed by atoms with Gasteiger partial charge in [-0.2, -0.15) is 0 Å². The zero-order valence-corrected chi connectivity index (χ0v) is 12.8. The molecule has 0 aromatic heterocycles. The fraction of sp³-hybridized carbons (Fsp3) is 0.938. The lowest BCUT2D eigenvalue weighted by molar-refractivity contribution is 0.137. The molecular weight excluding hydrogens is 272 g/mol. The van der Waals surface area contributed by atoms with Gasteiger partial charge in [-0.1, -0.05) is 33.1 Å². The van der Waals surface area contributed by atoms with Crippen LogP contribution in [0.2, 0.25) is 0 Å². The molecule has 0 aromatic carbocycles. The molecule has 4 fully saturated rings. The van der Waals surface area contributed by atoms with E-state index in [0.717, 1.165) is 17.8 Å². The van der Waals surface area contributed by atoms with Crippen molar-refractivity contribution >= 4 is 6.16 Å². The zero-order chi connectivity index (χ0) is 15.2. The lowest BCUT2D eigenvalue weighted by atomic mass is 9.73. The maximum Gasteiger partial charge on any atom is 0.503 e. The van der Waals surface area contributed by atoms with Gasteiger partial charge in [0.1, 0.15) is 12.2 Å². The molecule has 2 aliphatic heterocycles. The van der Waals surface area contributed by atoms with Crippen molar-refractivity contribution in [3.63, 3.8) is 0 Å². The third kappa shape index (κ3) is 3.19. The van der Waals surface area contributed by atoms with Gasteiger partial charge in [0.15, 0.2) is 0 Å². The Morgan fingerprint density at radius 1 is 1.24 bits per heavy atom. The molecule has 0 aromatic rings. The monoisotopic (exact) mass is 298 g/mol. The third-order valence-electron chi connectivity index (χ3n) is 5.59. The van der Waals surface area contributed by atoms with Gasteiger partial charge >= 0.3 is 6.16 Å². The van der Waals surface area contributed by atoms with E-state index in [1.54, 1.807) is 0 Å². The van der Waals surface area contributed by atoms with Crippen molar-refractivity contribution in [3.8, 4) is 0 Å². The summed E-state index contributed by atoms with van der Waals surface area (Å²) in [5.74, 6) is 2.58. The first-order valence-electron chi connectivity index (χ1n) is 8.16. The number of epoxide rings is 2. The summed E-state index contributed by atoms with van der Waals surface area (Å²) >= 11 is 0. The molecule has 120 valence electrons. The van der Waals surface area contributed by atoms with Crippen molar-refractivity contribution < 1.29 is 24.5 Å². The molecule has 5 heteroatoms. The quantitative estimate of drug-likeness (QED) is 0.764. The van der Waals surface area contributed by atoms with E-state index in [1.165, 1.54) is 38.5 Å². The van der Waals surface area contributed by atoms with Gasteiger partial charge in [0.05, 0.1) is 11.7 Å². The fourth-order valence-electron chi connectivity index (χ4n) is 4.73. The van der Waals surface area contributed by atoms with E-state index in [9.17, 15) is 0 Å². The molecule has 2 aliphatic carbocycles. The highest BCUT2D eigenvalue weighted by molar-refractivity contribution is 5.53. The van der Waals surface area contributed by atoms with E-state index in [2.05, 4.69) is 13.8 Å². The van der Waals surface area contributed by atoms with Crippen molar-refractivity contribution in [1.82, 2.24) is 0 Å². The zero-order valence-electron chi connectivity index (χ0n) is 12.8. The molecule has 4 rings (SSSR count). The molecule has 0 bridgehead atoms. The first-order valence-corrected chi connectivity index (χ1v) is 8.16. The number of hydrogen-bond donors (Lipinski definition) is 2. The maximum absolute atomic E-state index is 8.56. The Morgan fingerprint density at radius 2 is 1.95 bits per heavy atom. The van der Waals surface area contributed by atoms with Crippen LogP contribution in [0.25, 0.3) is 0 Å². The highest BCUT2D eigenvalue weighted by Crippen LogP contribution is 2.60. The van der Waals surface area contributed by atoms with Gasteiger partial charge in [-0.3, -0.25) is 0 Å². The Kier molecular flexibility index (Phi) is 3.91. The van der Waals surface area contributed by atoms with Gasteiger partial charge in [-0.15, -0.1) is 0 Å². The second kappa shape index (κ2) is 5.43. The Hall–Kier alpha value is -0.810. The predicted octanol–water partition coefficient (Wildman–Crippen LogP) is 3.37. The van der Waals surface area contributed by atoms with Crippen LogP contribution in [0.5, 0.6) is 0 Å². The first-order chi connectivity index (χ1) is 9.91. The van der Waals surface area contributed by atoms with Gasteiger partial charge in [-0.05, 0) is 37.0 Å². The van der Waals surface area contributed by atoms with Crippen LogP contribution < -0.4 is 0 Å². The van der Waals surface area contributed by atoms with Crippen LogP contribution in [0.1, 0.15) is 52.4 Å². The topological polar surface area (TPSA) is 82.6 Å². The van der Waals surface area contributed by atoms with E-state index in [1.807, 2.05) is 0 Å². The average molecular weight is 298 g/mol. The van der Waals surface area contributed by atoms with Crippen LogP contribution in [0.15, 0.2) is 0 Å². The second-order valence-electron chi connectivity index (χ2n) is 7.47. The molecule has 2 saturated carbocycles. The number of hydrogen-bond acceptors (Lipinski definition) is 3. The van der Waals surface area contributed by atoms with E-state index in [-0.39, 0.29) is 5.60 Å². The normalized spacial score (nSPS) is 50.0. The van der Waals surface area contributed by atoms with Crippen LogP contribution in [0, 0.1) is 17.8 Å². The summed E-state index contributed by atoms with van der Waals surface area (Å²) in [7, 11) is 0. The van der Waals surface area contributed by atoms with Gasteiger partial charge in [0, 0.05) is 0 Å². The third-order valence-corrected chi connectivity index (χ3v) is 5.59. The Balaban J connectivity index is 0.000000298. The number of fused-ring (bicyclic) bond motifs is 3. The largest absolute Gasteiger partial charge is 0.503 e. The molecule has 7 atom stereocenters. The summed E-state index contributed by atoms with van der Waals surface area (Å²) in [6, 6.07) is 0. The highest BCUT2D eigenvalue weighted by atomic mass is 16.7. The predicted molar refractivity (Wildman–Crippen MR) is 76.4 cm³/mol. The minimum absolute atomic E-state index is 0.249. The standard InChI is InChI=1S/C15H24O2.CH2O3/c1-9-4-3-5-11(6-9)8-15-7-10(2)12-13(16-12)14(15)17-15;2-1(3)4/h9-14H,3-8H2,1-2H3;(H2,2,3,4). The van der Waals surface area contributed by atoms with Crippen LogP contribution in [0.3, 0.4) is 0 Å². The lowest BCUT2D eigenvalue weighted by Crippen LogP contribution is -2.33. The summed E-state index contributed by atoms with van der Waals surface area (Å²) in [5, 5.41) is 13.9. The Bertz CT molecular complexity index is 405. The molecule has 21 heavy (non-hydrogen) atoms. The molecule has 0 radical (unpaired) electrons. The van der Waals surface area contributed by atoms with Crippen LogP contribution >= 0.6 is 0 Å². The number of ether oxygens (including phenoxy) is 2. The smallest absolute Gasteiger partial charge is 0.450 e. The van der Waals surface area contributed by atoms with Gasteiger partial charge in [-0.25, -0.2) is 4.79 Å². The summed E-state index contributed by atoms with van der Waals surface area (Å²) in [5.41, 5.74) is 0.249. The average Bonchev–Trinajstić information content (AvgIpc) is 3.20. The molecule has 2 heterocycles. The molecule has 5 nitrogen and oxygen atoms in total. The summed E-state index contributed by atoms with van der Waals surface area (Å²) in [6.07, 6.45) is 7.97. The molecule has 2 N–H and O–H groups in total. The fourth-order valence-corrected chi connectivity index (χ4v) is 4.73. The SMILES string of the molecule is CC1CCCC(CC23CC(C)C4OC4C2O3)C1.O=C(O)O. The molecule has 7 unspecified atom stereocenters. The van der Waals surface area contributed by atoms with E-state index < -0.39 is 6.16 Å². The number of carbonyl (C=O) groups is 1. The van der Waals surface area contributed by atoms with E-state index >= 15 is 0 Å². The first kappa shape index (κ1) is 15.1. The molecule has 0 amide bonds. The Labute approximate surface area is 125 Å². The summed E-state index contributed by atoms with van der Waals surface area (Å²) in [4.78, 5) is 8.56. The molecule has 2 saturated heterocycles. The van der Waals surface area contributed by atoms with Gasteiger partial charge in [0.2, 0.25) is 0 Å². The molecule has 0 spiro atoms. The molecular formula is C16H26O5. The number of carboxylic acid groups (broad SMARTS) is 2. The minimum atomic E-state index is -1.83. The van der Waals surface area contributed by atoms with Crippen molar-refractivity contribution in [3.05, 3.63) is 0 Å². The summed E-state index contributed by atoms with van der Waals surface area (Å²) < 4.78 is 11.9. The van der Waals surface area contributed by atoms with Crippen LogP contribution in [-0.4, -0.2) is 40.3 Å². The molecule has 4 aliphatic rings. The van der Waals surface area contributed by atoms with Crippen molar-refractivity contribution in [2.45, 2.75) is 76.3 Å². The lowest BCUT2D eigenvalue weighted by Gasteiger charge is -2.30. The van der Waals surface area contributed by atoms with Crippen molar-refractivity contribution in [2.75, 3.05) is 0 Å². The van der Waals surface area contributed by atoms with Gasteiger partial charge < -0.3 is 19.7 Å². The van der Waals surface area contributed by atoms with Crippen molar-refractivity contribution in [2.24, 2.45) is 17.8 Å². The van der Waals surface area contributed by atoms with E-state index in [4.69, 9.17) is 24.5 Å². The maximum atomic E-state index is 8.56. The summed E-state index contributed by atoms with van der Waals surface area (Å²) in [6.45, 7) is 4.76. The van der Waals surface area contributed by atoms with E-state index in [0.29, 0.717) is 18.3 Å². The second-order valence-corrected chi connectivity index (χ2v) is 7.47. The van der Waals surface area contributed by atoms with Gasteiger partial charge in [0.25, 0.3) is 0 Å². The number of rotatable bonds is 2. The van der Waals surface area contributed by atoms with Crippen molar-refractivity contribution in [1.29, 1.82) is 0 Å². The highest BCUT2D eigenvalue weighted by Gasteiger charge is 2.72. The Morgan fingerprint density at radius 3 is 2.62 bits per heavy atom. The minimum Gasteiger partial charge on any atom is -0.450 e.